The summed E-state index contributed by atoms with van der Waals surface area (Å²) in [6, 6.07) is -0.768. The fourth-order valence-corrected chi connectivity index (χ4v) is 0.881. The average molecular weight is 192 g/mol. The summed E-state index contributed by atoms with van der Waals surface area (Å²) in [5, 5.41) is 5.27. The molecule has 0 heterocycles. The van der Waals surface area contributed by atoms with E-state index in [0.717, 1.165) is 0 Å². The van der Waals surface area contributed by atoms with Crippen LogP contribution in [0.1, 0.15) is 26.7 Å². The molecule has 76 valence electrons. The maximum Gasteiger partial charge on any atom is 0.316 e. The molecular weight excluding hydrogens is 176 g/mol. The zero-order chi connectivity index (χ0) is 11.0. The van der Waals surface area contributed by atoms with E-state index in [2.05, 4.69) is 22.5 Å². The van der Waals surface area contributed by atoms with E-state index in [-0.39, 0.29) is 18.1 Å². The summed E-state index contributed by atoms with van der Waals surface area (Å²) in [5.74, 6) is 4.94. The molecule has 2 amide bonds. The fraction of sp³-hybridized carbons (Fsp3) is 0.545. The van der Waals surface area contributed by atoms with Crippen LogP contribution >= 0.6 is 0 Å². The van der Waals surface area contributed by atoms with Crippen LogP contribution in [-0.2, 0) is 0 Å². The van der Waals surface area contributed by atoms with Crippen molar-refractivity contribution in [2.24, 2.45) is 0 Å². The third kappa shape index (κ3) is 4.42. The van der Waals surface area contributed by atoms with Gasteiger partial charge in [0, 0.05) is 0 Å². The number of rotatable bonds is 4. The van der Waals surface area contributed by atoms with E-state index in [4.69, 9.17) is 12.8 Å². The van der Waals surface area contributed by atoms with Gasteiger partial charge in [0.1, 0.15) is 0 Å². The topological polar surface area (TPSA) is 41.1 Å². The average Bonchev–Trinajstić information content (AvgIpc) is 2.22. The minimum Gasteiger partial charge on any atom is -0.325 e. The first-order valence-electron chi connectivity index (χ1n) is 4.67. The molecule has 0 aliphatic rings. The van der Waals surface area contributed by atoms with E-state index in [1.165, 1.54) is 0 Å². The van der Waals surface area contributed by atoms with Gasteiger partial charge in [-0.05, 0) is 12.8 Å². The predicted octanol–water partition coefficient (Wildman–Crippen LogP) is 1.11. The Balaban J connectivity index is 3.99. The van der Waals surface area contributed by atoms with Crippen molar-refractivity contribution in [1.82, 2.24) is 10.6 Å². The van der Waals surface area contributed by atoms with Crippen LogP contribution in [0.5, 0.6) is 0 Å². The molecule has 3 heteroatoms. The Labute approximate surface area is 85.6 Å². The van der Waals surface area contributed by atoms with Crippen molar-refractivity contribution in [2.75, 3.05) is 0 Å². The highest BCUT2D eigenvalue weighted by atomic mass is 16.2. The molecule has 0 rings (SSSR count). The number of terminal acetylenes is 2. The highest BCUT2D eigenvalue weighted by Crippen LogP contribution is 1.90. The van der Waals surface area contributed by atoms with E-state index < -0.39 is 0 Å². The van der Waals surface area contributed by atoms with Crippen molar-refractivity contribution >= 4 is 6.03 Å². The van der Waals surface area contributed by atoms with E-state index in [9.17, 15) is 4.79 Å². The largest absolute Gasteiger partial charge is 0.325 e. The molecule has 0 fully saturated rings. The van der Waals surface area contributed by atoms with E-state index >= 15 is 0 Å². The smallest absolute Gasteiger partial charge is 0.316 e. The molecule has 0 aromatic heterocycles. The number of amides is 2. The monoisotopic (exact) mass is 192 g/mol. The Morgan fingerprint density at radius 2 is 1.50 bits per heavy atom. The maximum absolute atomic E-state index is 11.3. The quantitative estimate of drug-likeness (QED) is 0.644. The Morgan fingerprint density at radius 1 is 1.14 bits per heavy atom. The minimum atomic E-state index is -0.306. The van der Waals surface area contributed by atoms with Gasteiger partial charge in [-0.2, -0.15) is 0 Å². The van der Waals surface area contributed by atoms with Crippen LogP contribution in [0.15, 0.2) is 0 Å². The van der Waals surface area contributed by atoms with Gasteiger partial charge in [0.05, 0.1) is 12.1 Å². The second-order valence-corrected chi connectivity index (χ2v) is 2.87. The summed E-state index contributed by atoms with van der Waals surface area (Å²) in [4.78, 5) is 11.3. The summed E-state index contributed by atoms with van der Waals surface area (Å²) in [7, 11) is 0. The van der Waals surface area contributed by atoms with Gasteiger partial charge in [-0.25, -0.2) is 4.79 Å². The van der Waals surface area contributed by atoms with Gasteiger partial charge in [0.2, 0.25) is 0 Å². The van der Waals surface area contributed by atoms with Crippen LogP contribution in [0.4, 0.5) is 4.79 Å². The normalized spacial score (nSPS) is 13.1. The summed E-state index contributed by atoms with van der Waals surface area (Å²) in [6.45, 7) is 3.81. The van der Waals surface area contributed by atoms with Crippen molar-refractivity contribution in [3.05, 3.63) is 0 Å². The second-order valence-electron chi connectivity index (χ2n) is 2.87. The molecule has 0 aliphatic heterocycles. The molecule has 3 nitrogen and oxygen atoms in total. The van der Waals surface area contributed by atoms with E-state index in [1.807, 2.05) is 13.8 Å². The standard InChI is InChI=1S/C11H16N2O/c1-5-9(6-2)12-11(14)13-10(7-3)8-4/h1,3,9-10H,6,8H2,2,4H3,(H2,12,13,14). The Bertz CT molecular complexity index is 233. The third-order valence-corrected chi connectivity index (χ3v) is 1.83. The highest BCUT2D eigenvalue weighted by Gasteiger charge is 2.09. The first kappa shape index (κ1) is 12.4. The molecule has 0 bridgehead atoms. The molecule has 0 aliphatic carbocycles. The molecule has 2 N–H and O–H groups in total. The number of carbonyl (C=O) groups excluding carboxylic acids is 1. The van der Waals surface area contributed by atoms with Crippen molar-refractivity contribution in [2.45, 2.75) is 38.8 Å². The van der Waals surface area contributed by atoms with Crippen molar-refractivity contribution < 1.29 is 4.79 Å². The van der Waals surface area contributed by atoms with Gasteiger partial charge in [0.15, 0.2) is 0 Å². The molecule has 0 aromatic carbocycles. The first-order valence-corrected chi connectivity index (χ1v) is 4.67. The van der Waals surface area contributed by atoms with Crippen LogP contribution in [0, 0.1) is 24.7 Å². The molecular formula is C11H16N2O. The van der Waals surface area contributed by atoms with Crippen molar-refractivity contribution in [1.29, 1.82) is 0 Å². The van der Waals surface area contributed by atoms with Crippen LogP contribution in [0.25, 0.3) is 0 Å². The van der Waals surface area contributed by atoms with Crippen LogP contribution in [-0.4, -0.2) is 18.1 Å². The van der Waals surface area contributed by atoms with Gasteiger partial charge < -0.3 is 10.6 Å². The van der Waals surface area contributed by atoms with E-state index in [1.54, 1.807) is 0 Å². The summed E-state index contributed by atoms with van der Waals surface area (Å²) in [5.41, 5.74) is 0. The maximum atomic E-state index is 11.3. The van der Waals surface area contributed by atoms with Gasteiger partial charge >= 0.3 is 6.03 Å². The lowest BCUT2D eigenvalue weighted by Crippen LogP contribution is -2.45. The van der Waals surface area contributed by atoms with Crippen LogP contribution in [0.2, 0.25) is 0 Å². The van der Waals surface area contributed by atoms with Crippen LogP contribution < -0.4 is 10.6 Å². The fourth-order valence-electron chi connectivity index (χ4n) is 0.881. The molecule has 2 unspecified atom stereocenters. The minimum absolute atomic E-state index is 0.231. The van der Waals surface area contributed by atoms with Gasteiger partial charge in [-0.3, -0.25) is 0 Å². The number of hydrogen-bond donors (Lipinski definition) is 2. The van der Waals surface area contributed by atoms with Crippen molar-refractivity contribution in [3.8, 4) is 24.7 Å². The lowest BCUT2D eigenvalue weighted by molar-refractivity contribution is 0.237. The summed E-state index contributed by atoms with van der Waals surface area (Å²) in [6.07, 6.45) is 11.8. The molecule has 14 heavy (non-hydrogen) atoms. The van der Waals surface area contributed by atoms with E-state index in [0.29, 0.717) is 12.8 Å². The zero-order valence-corrected chi connectivity index (χ0v) is 8.63. The molecule has 0 saturated heterocycles. The number of hydrogen-bond acceptors (Lipinski definition) is 1. The zero-order valence-electron chi connectivity index (χ0n) is 8.63. The first-order chi connectivity index (χ1) is 6.67. The van der Waals surface area contributed by atoms with Gasteiger partial charge in [0.25, 0.3) is 0 Å². The molecule has 0 spiro atoms. The molecule has 0 aromatic rings. The van der Waals surface area contributed by atoms with Gasteiger partial charge in [-0.15, -0.1) is 12.8 Å². The Kier molecular flexibility index (Phi) is 6.07. The lowest BCUT2D eigenvalue weighted by Gasteiger charge is -2.14. The SMILES string of the molecule is C#CC(CC)NC(=O)NC(C#C)CC. The Morgan fingerprint density at radius 3 is 1.71 bits per heavy atom. The second kappa shape index (κ2) is 6.86. The number of carbonyl (C=O) groups is 1. The van der Waals surface area contributed by atoms with Crippen molar-refractivity contribution in [3.63, 3.8) is 0 Å². The summed E-state index contributed by atoms with van der Waals surface area (Å²) < 4.78 is 0. The third-order valence-electron chi connectivity index (χ3n) is 1.83. The van der Waals surface area contributed by atoms with Gasteiger partial charge in [-0.1, -0.05) is 25.7 Å². The summed E-state index contributed by atoms with van der Waals surface area (Å²) >= 11 is 0. The predicted molar refractivity (Wildman–Crippen MR) is 57.5 cm³/mol. The number of nitrogens with one attached hydrogen (secondary N) is 2. The highest BCUT2D eigenvalue weighted by molar-refractivity contribution is 5.75. The molecule has 0 radical (unpaired) electrons. The molecule has 2 atom stereocenters. The Hall–Kier alpha value is -1.61. The molecule has 0 saturated carbocycles. The lowest BCUT2D eigenvalue weighted by atomic mass is 10.2. The number of urea groups is 1. The van der Waals surface area contributed by atoms with Crippen LogP contribution in [0.3, 0.4) is 0 Å².